The van der Waals surface area contributed by atoms with Crippen LogP contribution in [0.25, 0.3) is 6.08 Å². The van der Waals surface area contributed by atoms with Crippen molar-refractivity contribution in [2.24, 2.45) is 0 Å². The average molecular weight is 379 g/mol. The van der Waals surface area contributed by atoms with Gasteiger partial charge in [0.15, 0.2) is 11.5 Å². The molecular weight excluding hydrogens is 359 g/mol. The number of para-hydroxylation sites is 1. The van der Waals surface area contributed by atoms with Gasteiger partial charge in [-0.2, -0.15) is 13.2 Å². The number of carbonyl (C=O) groups is 1. The summed E-state index contributed by atoms with van der Waals surface area (Å²) in [5.41, 5.74) is -0.540. The number of nitrogens with one attached hydrogen (secondary N) is 1. The number of amides is 1. The van der Waals surface area contributed by atoms with Gasteiger partial charge in [-0.3, -0.25) is 4.79 Å². The number of rotatable bonds is 7. The Balaban J connectivity index is 2.11. The highest BCUT2D eigenvalue weighted by molar-refractivity contribution is 6.02. The summed E-state index contributed by atoms with van der Waals surface area (Å²) in [6.45, 7) is 2.53. The highest BCUT2D eigenvalue weighted by atomic mass is 19.4. The molecule has 2 aromatic carbocycles. The molecule has 1 amide bonds. The first-order valence-electron chi connectivity index (χ1n) is 8.31. The third-order valence-corrected chi connectivity index (χ3v) is 3.57. The van der Waals surface area contributed by atoms with Gasteiger partial charge in [-0.25, -0.2) is 0 Å². The fraction of sp³-hybridized carbons (Fsp3) is 0.250. The summed E-state index contributed by atoms with van der Waals surface area (Å²) in [5.74, 6) is 0.422. The van der Waals surface area contributed by atoms with Crippen molar-refractivity contribution in [3.63, 3.8) is 0 Å². The first kappa shape index (κ1) is 20.4. The molecular formula is C20H20F3NO3. The van der Waals surface area contributed by atoms with Crippen LogP contribution in [0.4, 0.5) is 18.9 Å². The van der Waals surface area contributed by atoms with E-state index in [1.807, 2.05) is 6.92 Å². The third kappa shape index (κ3) is 5.77. The first-order chi connectivity index (χ1) is 12.8. The molecule has 27 heavy (non-hydrogen) atoms. The zero-order valence-corrected chi connectivity index (χ0v) is 15.0. The quantitative estimate of drug-likeness (QED) is 0.677. The van der Waals surface area contributed by atoms with Gasteiger partial charge < -0.3 is 14.8 Å². The van der Waals surface area contributed by atoms with Gasteiger partial charge in [0.25, 0.3) is 0 Å². The Morgan fingerprint density at radius 3 is 2.56 bits per heavy atom. The molecule has 144 valence electrons. The second-order valence-electron chi connectivity index (χ2n) is 5.62. The van der Waals surface area contributed by atoms with Gasteiger partial charge >= 0.3 is 6.18 Å². The molecule has 0 bridgehead atoms. The molecule has 0 fully saturated rings. The summed E-state index contributed by atoms with van der Waals surface area (Å²) >= 11 is 0. The van der Waals surface area contributed by atoms with Crippen LogP contribution in [0.5, 0.6) is 11.5 Å². The minimum atomic E-state index is -4.55. The van der Waals surface area contributed by atoms with Gasteiger partial charge in [0.05, 0.1) is 25.0 Å². The van der Waals surface area contributed by atoms with Gasteiger partial charge in [0.1, 0.15) is 0 Å². The van der Waals surface area contributed by atoms with Crippen molar-refractivity contribution in [2.75, 3.05) is 19.0 Å². The van der Waals surface area contributed by atoms with Crippen molar-refractivity contribution in [1.29, 1.82) is 0 Å². The van der Waals surface area contributed by atoms with E-state index >= 15 is 0 Å². The van der Waals surface area contributed by atoms with Gasteiger partial charge in [0.2, 0.25) is 5.91 Å². The molecule has 0 saturated carbocycles. The molecule has 0 aliphatic carbocycles. The standard InChI is InChI=1S/C20H20F3NO3/c1-3-12-27-17-10-8-14(13-18(17)26-2)9-11-19(25)24-16-7-5-4-6-15(16)20(21,22)23/h4-11,13H,3,12H2,1-2H3,(H,24,25)/b11-9+. The fourth-order valence-corrected chi connectivity index (χ4v) is 2.30. The number of benzene rings is 2. The summed E-state index contributed by atoms with van der Waals surface area (Å²) in [5, 5.41) is 2.25. The van der Waals surface area contributed by atoms with Crippen molar-refractivity contribution < 1.29 is 27.4 Å². The van der Waals surface area contributed by atoms with Crippen LogP contribution in [0, 0.1) is 0 Å². The van der Waals surface area contributed by atoms with Gasteiger partial charge in [0, 0.05) is 6.08 Å². The van der Waals surface area contributed by atoms with Crippen molar-refractivity contribution >= 4 is 17.7 Å². The molecule has 0 aromatic heterocycles. The fourth-order valence-electron chi connectivity index (χ4n) is 2.30. The van der Waals surface area contributed by atoms with Crippen LogP contribution < -0.4 is 14.8 Å². The van der Waals surface area contributed by atoms with Gasteiger partial charge in [-0.05, 0) is 42.3 Å². The van der Waals surface area contributed by atoms with Crippen LogP contribution in [0.15, 0.2) is 48.5 Å². The average Bonchev–Trinajstić information content (AvgIpc) is 2.64. The van der Waals surface area contributed by atoms with E-state index in [-0.39, 0.29) is 5.69 Å². The second-order valence-corrected chi connectivity index (χ2v) is 5.62. The van der Waals surface area contributed by atoms with Crippen LogP contribution in [0.2, 0.25) is 0 Å². The Morgan fingerprint density at radius 2 is 1.89 bits per heavy atom. The molecule has 0 radical (unpaired) electrons. The Labute approximate surface area is 155 Å². The Kier molecular flexibility index (Phi) is 6.87. The Bertz CT molecular complexity index is 816. The SMILES string of the molecule is CCCOc1ccc(/C=C/C(=O)Nc2ccccc2C(F)(F)F)cc1OC. The highest BCUT2D eigenvalue weighted by Crippen LogP contribution is 2.34. The summed E-state index contributed by atoms with van der Waals surface area (Å²) in [7, 11) is 1.50. The lowest BCUT2D eigenvalue weighted by Gasteiger charge is -2.12. The predicted octanol–water partition coefficient (Wildman–Crippen LogP) is 5.15. The van der Waals surface area contributed by atoms with E-state index < -0.39 is 17.6 Å². The maximum atomic E-state index is 13.0. The van der Waals surface area contributed by atoms with Gasteiger partial charge in [-0.15, -0.1) is 0 Å². The van der Waals surface area contributed by atoms with Crippen LogP contribution in [-0.2, 0) is 11.0 Å². The topological polar surface area (TPSA) is 47.6 Å². The number of carbonyl (C=O) groups excluding carboxylic acids is 1. The first-order valence-corrected chi connectivity index (χ1v) is 8.31. The van der Waals surface area contributed by atoms with E-state index in [1.165, 1.54) is 31.4 Å². The number of hydrogen-bond donors (Lipinski definition) is 1. The van der Waals surface area contributed by atoms with E-state index in [0.717, 1.165) is 18.6 Å². The molecule has 0 heterocycles. The molecule has 0 saturated heterocycles. The maximum absolute atomic E-state index is 13.0. The third-order valence-electron chi connectivity index (χ3n) is 3.57. The summed E-state index contributed by atoms with van der Waals surface area (Å²) in [4.78, 5) is 12.0. The second kappa shape index (κ2) is 9.12. The Hall–Kier alpha value is -2.96. The number of ether oxygens (including phenoxy) is 2. The van der Waals surface area contributed by atoms with Crippen LogP contribution in [-0.4, -0.2) is 19.6 Å². The van der Waals surface area contributed by atoms with Crippen LogP contribution >= 0.6 is 0 Å². The number of anilines is 1. The molecule has 2 aromatic rings. The molecule has 0 spiro atoms. The van der Waals surface area contributed by atoms with Crippen molar-refractivity contribution in [3.8, 4) is 11.5 Å². The maximum Gasteiger partial charge on any atom is 0.418 e. The van der Waals surface area contributed by atoms with E-state index in [1.54, 1.807) is 18.2 Å². The van der Waals surface area contributed by atoms with Crippen LogP contribution in [0.1, 0.15) is 24.5 Å². The highest BCUT2D eigenvalue weighted by Gasteiger charge is 2.33. The normalized spacial score (nSPS) is 11.4. The monoisotopic (exact) mass is 379 g/mol. The van der Waals surface area contributed by atoms with E-state index in [4.69, 9.17) is 9.47 Å². The molecule has 0 unspecified atom stereocenters. The Morgan fingerprint density at radius 1 is 1.15 bits per heavy atom. The zero-order chi connectivity index (χ0) is 19.9. The molecule has 0 aliphatic rings. The lowest BCUT2D eigenvalue weighted by molar-refractivity contribution is -0.136. The van der Waals surface area contributed by atoms with Gasteiger partial charge in [-0.1, -0.05) is 25.1 Å². The van der Waals surface area contributed by atoms with Crippen LogP contribution in [0.3, 0.4) is 0 Å². The molecule has 0 aliphatic heterocycles. The lowest BCUT2D eigenvalue weighted by Crippen LogP contribution is -2.14. The van der Waals surface area contributed by atoms with Crippen molar-refractivity contribution in [3.05, 3.63) is 59.7 Å². The van der Waals surface area contributed by atoms with E-state index in [9.17, 15) is 18.0 Å². The summed E-state index contributed by atoms with van der Waals surface area (Å²) in [6, 6.07) is 9.93. The minimum absolute atomic E-state index is 0.291. The number of halogens is 3. The number of methoxy groups -OCH3 is 1. The van der Waals surface area contributed by atoms with Crippen molar-refractivity contribution in [2.45, 2.75) is 19.5 Å². The zero-order valence-electron chi connectivity index (χ0n) is 15.0. The molecule has 0 atom stereocenters. The summed E-state index contributed by atoms with van der Waals surface area (Å²) in [6.07, 6.45) is -1.05. The minimum Gasteiger partial charge on any atom is -0.493 e. The number of hydrogen-bond acceptors (Lipinski definition) is 3. The molecule has 1 N–H and O–H groups in total. The molecule has 2 rings (SSSR count). The smallest absolute Gasteiger partial charge is 0.418 e. The lowest BCUT2D eigenvalue weighted by atomic mass is 10.1. The van der Waals surface area contributed by atoms with E-state index in [0.29, 0.717) is 23.7 Å². The molecule has 7 heteroatoms. The predicted molar refractivity (Wildman–Crippen MR) is 97.9 cm³/mol. The van der Waals surface area contributed by atoms with Crippen molar-refractivity contribution in [1.82, 2.24) is 0 Å². The largest absolute Gasteiger partial charge is 0.493 e. The molecule has 4 nitrogen and oxygen atoms in total. The van der Waals surface area contributed by atoms with E-state index in [2.05, 4.69) is 5.32 Å². The number of alkyl halides is 3. The summed E-state index contributed by atoms with van der Waals surface area (Å²) < 4.78 is 49.7.